The van der Waals surface area contributed by atoms with E-state index in [4.69, 9.17) is 9.47 Å². The zero-order valence-corrected chi connectivity index (χ0v) is 13.9. The summed E-state index contributed by atoms with van der Waals surface area (Å²) in [4.78, 5) is 28.8. The van der Waals surface area contributed by atoms with Crippen molar-refractivity contribution >= 4 is 33.1 Å². The molecule has 0 spiro atoms. The molecule has 0 atom stereocenters. The van der Waals surface area contributed by atoms with Gasteiger partial charge in [-0.3, -0.25) is 14.2 Å². The lowest BCUT2D eigenvalue weighted by molar-refractivity contribution is -0.116. The Morgan fingerprint density at radius 2 is 2.12 bits per heavy atom. The largest absolute Gasteiger partial charge is 0.497 e. The minimum atomic E-state index is -0.360. The Kier molecular flexibility index (Phi) is 4.48. The molecule has 124 valence electrons. The topological polar surface area (TPSA) is 82.4 Å². The number of fused-ring (bicyclic) bond motifs is 1. The highest BCUT2D eigenvalue weighted by Gasteiger charge is 2.12. The van der Waals surface area contributed by atoms with Crippen LogP contribution in [0.1, 0.15) is 0 Å². The summed E-state index contributed by atoms with van der Waals surface area (Å²) in [6.45, 7) is -0.139. The highest BCUT2D eigenvalue weighted by molar-refractivity contribution is 7.17. The molecule has 0 radical (unpaired) electrons. The maximum atomic E-state index is 12.3. The average Bonchev–Trinajstić information content (AvgIpc) is 3.06. The van der Waals surface area contributed by atoms with Gasteiger partial charge in [0.2, 0.25) is 5.91 Å². The Bertz CT molecular complexity index is 948. The first-order valence-electron chi connectivity index (χ1n) is 7.07. The molecule has 0 saturated carbocycles. The minimum Gasteiger partial charge on any atom is -0.497 e. The molecule has 0 aliphatic rings. The summed E-state index contributed by atoms with van der Waals surface area (Å²) < 4.78 is 12.2. The first-order valence-corrected chi connectivity index (χ1v) is 7.95. The second-order valence-corrected chi connectivity index (χ2v) is 5.84. The van der Waals surface area contributed by atoms with Crippen LogP contribution in [0.5, 0.6) is 11.5 Å². The van der Waals surface area contributed by atoms with Gasteiger partial charge >= 0.3 is 0 Å². The number of anilines is 1. The quantitative estimate of drug-likeness (QED) is 0.766. The standard InChI is InChI=1S/C16H15N3O4S/c1-22-10-3-4-13(23-2)12(7-10)18-14(20)8-19-9-17-11-5-6-24-15(11)16(19)21/h3-7,9H,8H2,1-2H3,(H,18,20). The zero-order valence-electron chi connectivity index (χ0n) is 13.1. The number of hydrogen-bond acceptors (Lipinski definition) is 6. The molecule has 1 N–H and O–H groups in total. The SMILES string of the molecule is COc1ccc(OC)c(NC(=O)Cn2cnc3ccsc3c2=O)c1. The van der Waals surface area contributed by atoms with Crippen LogP contribution in [0.15, 0.2) is 40.8 Å². The fraction of sp³-hybridized carbons (Fsp3) is 0.188. The zero-order chi connectivity index (χ0) is 17.1. The van der Waals surface area contributed by atoms with Gasteiger partial charge in [0.05, 0.1) is 31.8 Å². The van der Waals surface area contributed by atoms with Crippen molar-refractivity contribution in [3.63, 3.8) is 0 Å². The predicted octanol–water partition coefficient (Wildman–Crippen LogP) is 2.11. The molecule has 0 unspecified atom stereocenters. The molecule has 0 fully saturated rings. The molecule has 7 nitrogen and oxygen atoms in total. The van der Waals surface area contributed by atoms with E-state index in [2.05, 4.69) is 10.3 Å². The smallest absolute Gasteiger partial charge is 0.271 e. The third-order valence-electron chi connectivity index (χ3n) is 3.43. The van der Waals surface area contributed by atoms with Gasteiger partial charge in [0.15, 0.2) is 0 Å². The summed E-state index contributed by atoms with van der Waals surface area (Å²) in [6.07, 6.45) is 1.37. The third kappa shape index (κ3) is 3.09. The van der Waals surface area contributed by atoms with Crippen LogP contribution in [-0.4, -0.2) is 29.7 Å². The molecule has 3 aromatic rings. The maximum Gasteiger partial charge on any atom is 0.271 e. The lowest BCUT2D eigenvalue weighted by atomic mass is 10.2. The molecule has 8 heteroatoms. The molecule has 0 aliphatic carbocycles. The fourth-order valence-corrected chi connectivity index (χ4v) is 3.04. The Labute approximate surface area is 141 Å². The summed E-state index contributed by atoms with van der Waals surface area (Å²) in [6, 6.07) is 6.85. The number of nitrogens with zero attached hydrogens (tertiary/aromatic N) is 2. The molecule has 24 heavy (non-hydrogen) atoms. The molecular formula is C16H15N3O4S. The van der Waals surface area contributed by atoms with E-state index in [1.807, 2.05) is 0 Å². The summed E-state index contributed by atoms with van der Waals surface area (Å²) >= 11 is 1.31. The lowest BCUT2D eigenvalue weighted by Crippen LogP contribution is -2.27. The first-order chi connectivity index (χ1) is 11.6. The van der Waals surface area contributed by atoms with Crippen molar-refractivity contribution in [1.82, 2.24) is 9.55 Å². The van der Waals surface area contributed by atoms with Crippen molar-refractivity contribution in [2.24, 2.45) is 0 Å². The number of ether oxygens (including phenoxy) is 2. The van der Waals surface area contributed by atoms with Crippen molar-refractivity contribution in [1.29, 1.82) is 0 Å². The van der Waals surface area contributed by atoms with Crippen LogP contribution >= 0.6 is 11.3 Å². The maximum absolute atomic E-state index is 12.3. The Morgan fingerprint density at radius 3 is 2.88 bits per heavy atom. The van der Waals surface area contributed by atoms with Gasteiger partial charge in [0.1, 0.15) is 22.7 Å². The monoisotopic (exact) mass is 345 g/mol. The van der Waals surface area contributed by atoms with Crippen molar-refractivity contribution in [3.05, 3.63) is 46.3 Å². The van der Waals surface area contributed by atoms with Gasteiger partial charge in [-0.2, -0.15) is 0 Å². The minimum absolute atomic E-state index is 0.139. The fourth-order valence-electron chi connectivity index (χ4n) is 2.25. The van der Waals surface area contributed by atoms with E-state index in [0.717, 1.165) is 0 Å². The number of benzene rings is 1. The van der Waals surface area contributed by atoms with Crippen molar-refractivity contribution in [3.8, 4) is 11.5 Å². The van der Waals surface area contributed by atoms with Crippen LogP contribution in [-0.2, 0) is 11.3 Å². The van der Waals surface area contributed by atoms with Gasteiger partial charge in [-0.15, -0.1) is 11.3 Å². The number of hydrogen-bond donors (Lipinski definition) is 1. The second kappa shape index (κ2) is 6.71. The Balaban J connectivity index is 1.82. The second-order valence-electron chi connectivity index (χ2n) is 4.93. The Hall–Kier alpha value is -2.87. The normalized spacial score (nSPS) is 10.6. The van der Waals surface area contributed by atoms with Gasteiger partial charge in [-0.1, -0.05) is 0 Å². The highest BCUT2D eigenvalue weighted by atomic mass is 32.1. The van der Waals surface area contributed by atoms with E-state index in [1.165, 1.54) is 36.5 Å². The van der Waals surface area contributed by atoms with E-state index in [9.17, 15) is 9.59 Å². The number of thiophene rings is 1. The van der Waals surface area contributed by atoms with Crippen molar-refractivity contribution in [2.75, 3.05) is 19.5 Å². The van der Waals surface area contributed by atoms with Crippen LogP contribution in [0, 0.1) is 0 Å². The van der Waals surface area contributed by atoms with Gasteiger partial charge < -0.3 is 14.8 Å². The molecule has 0 saturated heterocycles. The van der Waals surface area contributed by atoms with E-state index < -0.39 is 0 Å². The molecule has 2 heterocycles. The third-order valence-corrected chi connectivity index (χ3v) is 4.32. The Morgan fingerprint density at radius 1 is 1.29 bits per heavy atom. The lowest BCUT2D eigenvalue weighted by Gasteiger charge is -2.12. The van der Waals surface area contributed by atoms with Crippen LogP contribution in [0.2, 0.25) is 0 Å². The molecular weight excluding hydrogens is 330 g/mol. The highest BCUT2D eigenvalue weighted by Crippen LogP contribution is 2.28. The van der Waals surface area contributed by atoms with Crippen molar-refractivity contribution < 1.29 is 14.3 Å². The van der Waals surface area contributed by atoms with Crippen molar-refractivity contribution in [2.45, 2.75) is 6.54 Å². The first kappa shape index (κ1) is 16.0. The number of methoxy groups -OCH3 is 2. The van der Waals surface area contributed by atoms with Crippen LogP contribution < -0.4 is 20.3 Å². The van der Waals surface area contributed by atoms with E-state index in [1.54, 1.807) is 29.6 Å². The van der Waals surface area contributed by atoms with E-state index in [-0.39, 0.29) is 18.0 Å². The molecule has 0 bridgehead atoms. The van der Waals surface area contributed by atoms with E-state index >= 15 is 0 Å². The number of nitrogens with one attached hydrogen (secondary N) is 1. The number of carbonyl (C=O) groups excluding carboxylic acids is 1. The summed E-state index contributed by atoms with van der Waals surface area (Å²) in [5, 5.41) is 4.52. The summed E-state index contributed by atoms with van der Waals surface area (Å²) in [7, 11) is 3.05. The average molecular weight is 345 g/mol. The summed E-state index contributed by atoms with van der Waals surface area (Å²) in [5.74, 6) is 0.731. The van der Waals surface area contributed by atoms with Gasteiger partial charge in [0, 0.05) is 6.07 Å². The number of amides is 1. The molecule has 3 rings (SSSR count). The van der Waals surface area contributed by atoms with Gasteiger partial charge in [-0.05, 0) is 23.6 Å². The number of rotatable bonds is 5. The molecule has 1 aromatic carbocycles. The van der Waals surface area contributed by atoms with E-state index in [0.29, 0.717) is 27.4 Å². The summed E-state index contributed by atoms with van der Waals surface area (Å²) in [5.41, 5.74) is 0.874. The van der Waals surface area contributed by atoms with Crippen LogP contribution in [0.3, 0.4) is 0 Å². The van der Waals surface area contributed by atoms with Crippen LogP contribution in [0.4, 0.5) is 5.69 Å². The molecule has 0 aliphatic heterocycles. The molecule has 2 aromatic heterocycles. The van der Waals surface area contributed by atoms with Crippen LogP contribution in [0.25, 0.3) is 10.2 Å². The predicted molar refractivity (Wildman–Crippen MR) is 92.1 cm³/mol. The number of carbonyl (C=O) groups is 1. The molecule has 1 amide bonds. The van der Waals surface area contributed by atoms with Gasteiger partial charge in [-0.25, -0.2) is 4.98 Å². The van der Waals surface area contributed by atoms with Gasteiger partial charge in [0.25, 0.3) is 5.56 Å². The number of aromatic nitrogens is 2.